The molecular weight excluding hydrogens is 538 g/mol. The van der Waals surface area contributed by atoms with Crippen LogP contribution in [-0.2, 0) is 17.8 Å². The lowest BCUT2D eigenvalue weighted by Crippen LogP contribution is -2.49. The van der Waals surface area contributed by atoms with Gasteiger partial charge in [0, 0.05) is 62.3 Å². The number of likely N-dealkylation sites (N-methyl/N-ethyl adjacent to an activating group) is 1. The number of aryl methyl sites for hydroxylation is 1. The number of hydrogen-bond acceptors (Lipinski definition) is 8. The largest absolute Gasteiger partial charge is 0.462 e. The second-order valence-corrected chi connectivity index (χ2v) is 11.5. The second-order valence-electron chi connectivity index (χ2n) is 11.5. The van der Waals surface area contributed by atoms with Crippen LogP contribution in [0.25, 0.3) is 10.8 Å². The van der Waals surface area contributed by atoms with Gasteiger partial charge in [-0.3, -0.25) is 4.79 Å². The number of nitrogens with zero attached hydrogens (tertiary/aromatic N) is 7. The van der Waals surface area contributed by atoms with Crippen LogP contribution >= 0.6 is 0 Å². The van der Waals surface area contributed by atoms with Gasteiger partial charge in [0.05, 0.1) is 18.3 Å². The minimum atomic E-state index is 0.0811. The molecule has 3 aromatic rings. The molecule has 226 valence electrons. The average molecular weight is 582 g/mol. The van der Waals surface area contributed by atoms with Crippen LogP contribution in [0.15, 0.2) is 48.6 Å². The zero-order valence-corrected chi connectivity index (χ0v) is 25.9. The zero-order chi connectivity index (χ0) is 30.3. The van der Waals surface area contributed by atoms with Crippen molar-refractivity contribution in [1.82, 2.24) is 19.8 Å². The number of fused-ring (bicyclic) bond motifs is 2. The van der Waals surface area contributed by atoms with Crippen molar-refractivity contribution >= 4 is 28.2 Å². The Bertz CT molecular complexity index is 1500. The monoisotopic (exact) mass is 581 g/mol. The predicted octanol–water partition coefficient (Wildman–Crippen LogP) is 4.73. The number of piperazine rings is 1. The average Bonchev–Trinajstić information content (AvgIpc) is 3.44. The van der Waals surface area contributed by atoms with E-state index in [4.69, 9.17) is 20.0 Å². The van der Waals surface area contributed by atoms with Gasteiger partial charge in [0.2, 0.25) is 5.91 Å². The molecule has 1 atom stereocenters. The molecule has 0 bridgehead atoms. The third kappa shape index (κ3) is 6.75. The Labute approximate surface area is 255 Å². The minimum absolute atomic E-state index is 0.0811. The highest BCUT2D eigenvalue weighted by Gasteiger charge is 2.30. The Morgan fingerprint density at radius 2 is 1.81 bits per heavy atom. The molecule has 3 aliphatic rings. The molecule has 0 aliphatic carbocycles. The van der Waals surface area contributed by atoms with Gasteiger partial charge in [-0.15, -0.1) is 0 Å². The summed E-state index contributed by atoms with van der Waals surface area (Å²) in [6, 6.07) is 15.7. The van der Waals surface area contributed by atoms with Crippen LogP contribution in [-0.4, -0.2) is 84.6 Å². The SMILES string of the molecule is C/C=C/C(=O)N1CCN(c2nc(OC[C@@H]3CCCN3C)nc3c2CCN(c2cccc4cccc(C)c24)C3)CC1.CC#N. The van der Waals surface area contributed by atoms with Crippen LogP contribution in [0.3, 0.4) is 0 Å². The Morgan fingerprint density at radius 3 is 2.51 bits per heavy atom. The summed E-state index contributed by atoms with van der Waals surface area (Å²) in [4.78, 5) is 31.5. The Kier molecular flexibility index (Phi) is 9.78. The van der Waals surface area contributed by atoms with Gasteiger partial charge in [0.25, 0.3) is 0 Å². The van der Waals surface area contributed by atoms with Gasteiger partial charge in [-0.1, -0.05) is 36.4 Å². The van der Waals surface area contributed by atoms with Crippen molar-refractivity contribution in [3.8, 4) is 12.1 Å². The van der Waals surface area contributed by atoms with Crippen molar-refractivity contribution in [1.29, 1.82) is 5.26 Å². The summed E-state index contributed by atoms with van der Waals surface area (Å²) in [6.07, 6.45) is 6.68. The molecule has 1 aromatic heterocycles. The number of nitriles is 1. The molecular formula is C34H43N7O2. The van der Waals surface area contributed by atoms with Crippen LogP contribution in [0.5, 0.6) is 6.01 Å². The molecule has 43 heavy (non-hydrogen) atoms. The number of aromatic nitrogens is 2. The maximum atomic E-state index is 12.4. The summed E-state index contributed by atoms with van der Waals surface area (Å²) in [5, 5.41) is 9.90. The van der Waals surface area contributed by atoms with Crippen molar-refractivity contribution in [3.63, 3.8) is 0 Å². The molecule has 6 rings (SSSR count). The van der Waals surface area contributed by atoms with Gasteiger partial charge in [-0.2, -0.15) is 15.2 Å². The summed E-state index contributed by atoms with van der Waals surface area (Å²) >= 11 is 0. The molecule has 2 saturated heterocycles. The molecule has 2 fully saturated rings. The van der Waals surface area contributed by atoms with Crippen LogP contribution in [0.2, 0.25) is 0 Å². The molecule has 3 aliphatic heterocycles. The number of ether oxygens (including phenoxy) is 1. The lowest BCUT2D eigenvalue weighted by molar-refractivity contribution is -0.126. The van der Waals surface area contributed by atoms with Crippen LogP contribution in [0.4, 0.5) is 11.5 Å². The smallest absolute Gasteiger partial charge is 0.318 e. The van der Waals surface area contributed by atoms with Crippen LogP contribution < -0.4 is 14.5 Å². The second kappa shape index (κ2) is 13.9. The highest BCUT2D eigenvalue weighted by Crippen LogP contribution is 2.35. The summed E-state index contributed by atoms with van der Waals surface area (Å²) in [5.41, 5.74) is 4.81. The van der Waals surface area contributed by atoms with E-state index in [9.17, 15) is 4.79 Å². The molecule has 4 heterocycles. The van der Waals surface area contributed by atoms with E-state index in [-0.39, 0.29) is 5.91 Å². The molecule has 1 amide bonds. The van der Waals surface area contributed by atoms with Gasteiger partial charge in [0.1, 0.15) is 12.4 Å². The van der Waals surface area contributed by atoms with Crippen molar-refractivity contribution in [2.75, 3.05) is 62.7 Å². The van der Waals surface area contributed by atoms with Crippen LogP contribution in [0, 0.1) is 18.3 Å². The summed E-state index contributed by atoms with van der Waals surface area (Å²) in [5.74, 6) is 1.06. The Hall–Kier alpha value is -4.16. The fourth-order valence-corrected chi connectivity index (χ4v) is 6.44. The number of carbonyl (C=O) groups excluding carboxylic acids is 1. The van der Waals surface area contributed by atoms with Crippen molar-refractivity contribution in [2.24, 2.45) is 0 Å². The van der Waals surface area contributed by atoms with Gasteiger partial charge in [-0.05, 0) is 69.8 Å². The third-order valence-corrected chi connectivity index (χ3v) is 8.73. The Morgan fingerprint density at radius 1 is 1.07 bits per heavy atom. The minimum Gasteiger partial charge on any atom is -0.462 e. The maximum Gasteiger partial charge on any atom is 0.318 e. The maximum absolute atomic E-state index is 12.4. The number of amides is 1. The quantitative estimate of drug-likeness (QED) is 0.386. The fraction of sp³-hybridized carbons (Fsp3) is 0.471. The van der Waals surface area contributed by atoms with E-state index in [0.29, 0.717) is 31.7 Å². The van der Waals surface area contributed by atoms with E-state index in [2.05, 4.69) is 65.1 Å². The first kappa shape index (κ1) is 30.3. The van der Waals surface area contributed by atoms with Gasteiger partial charge in [-0.25, -0.2) is 0 Å². The summed E-state index contributed by atoms with van der Waals surface area (Å²) in [6.45, 7) is 11.7. The normalized spacial score (nSPS) is 18.8. The molecule has 0 radical (unpaired) electrons. The number of likely N-dealkylation sites (tertiary alicyclic amines) is 1. The molecule has 9 heteroatoms. The first-order chi connectivity index (χ1) is 20.9. The summed E-state index contributed by atoms with van der Waals surface area (Å²) in [7, 11) is 2.17. The highest BCUT2D eigenvalue weighted by molar-refractivity contribution is 5.97. The molecule has 9 nitrogen and oxygen atoms in total. The molecule has 0 saturated carbocycles. The number of rotatable bonds is 6. The number of allylic oxidation sites excluding steroid dienone is 1. The van der Waals surface area contributed by atoms with E-state index in [1.807, 2.05) is 17.9 Å². The lowest BCUT2D eigenvalue weighted by Gasteiger charge is -2.38. The zero-order valence-electron chi connectivity index (χ0n) is 25.9. The topological polar surface area (TPSA) is 88.8 Å². The lowest BCUT2D eigenvalue weighted by atomic mass is 9.99. The molecule has 2 aromatic carbocycles. The van der Waals surface area contributed by atoms with E-state index in [0.717, 1.165) is 57.1 Å². The van der Waals surface area contributed by atoms with Crippen LogP contribution in [0.1, 0.15) is 43.5 Å². The number of benzene rings is 2. The number of anilines is 2. The van der Waals surface area contributed by atoms with Crippen molar-refractivity contribution in [2.45, 2.75) is 52.6 Å². The number of hydrogen-bond donors (Lipinski definition) is 0. The van der Waals surface area contributed by atoms with Crippen molar-refractivity contribution in [3.05, 3.63) is 65.4 Å². The molecule has 0 unspecified atom stereocenters. The van der Waals surface area contributed by atoms with E-state index < -0.39 is 0 Å². The first-order valence-corrected chi connectivity index (χ1v) is 15.4. The Balaban J connectivity index is 0.00000118. The molecule has 0 spiro atoms. The third-order valence-electron chi connectivity index (χ3n) is 8.73. The van der Waals surface area contributed by atoms with Crippen molar-refractivity contribution < 1.29 is 9.53 Å². The van der Waals surface area contributed by atoms with Gasteiger partial charge < -0.3 is 24.3 Å². The van der Waals surface area contributed by atoms with Gasteiger partial charge in [0.15, 0.2) is 0 Å². The van der Waals surface area contributed by atoms with E-state index >= 15 is 0 Å². The highest BCUT2D eigenvalue weighted by atomic mass is 16.5. The van der Waals surface area contributed by atoms with E-state index in [1.54, 1.807) is 12.1 Å². The standard InChI is InChI=1S/C32H40N6O2.C2H3N/c1-4-8-29(39)36-17-19-37(20-18-36)31-26-14-16-38(28-13-6-11-24-10-5-9-23(2)30(24)28)21-27(26)33-32(34-31)40-22-25-12-7-15-35(25)3;1-2-3/h4-6,8-11,13,25H,7,12,14-22H2,1-3H3;1H3/b8-4+;/t25-;/m0./s1. The summed E-state index contributed by atoms with van der Waals surface area (Å²) < 4.78 is 6.30. The van der Waals surface area contributed by atoms with Gasteiger partial charge >= 0.3 is 6.01 Å². The first-order valence-electron chi connectivity index (χ1n) is 15.4. The number of carbonyl (C=O) groups is 1. The predicted molar refractivity (Wildman–Crippen MR) is 172 cm³/mol. The fourth-order valence-electron chi connectivity index (χ4n) is 6.44. The van der Waals surface area contributed by atoms with E-state index in [1.165, 1.54) is 40.9 Å². The molecule has 0 N–H and O–H groups in total.